The Hall–Kier alpha value is -2.52. The molecule has 0 bridgehead atoms. The van der Waals surface area contributed by atoms with Crippen molar-refractivity contribution in [1.82, 2.24) is 10.4 Å². The first-order valence-corrected chi connectivity index (χ1v) is 7.75. The van der Waals surface area contributed by atoms with E-state index in [-0.39, 0.29) is 14.8 Å². The molecule has 2 heterocycles. The van der Waals surface area contributed by atoms with Gasteiger partial charge in [-0.1, -0.05) is 11.8 Å². The van der Waals surface area contributed by atoms with Crippen molar-refractivity contribution in [3.8, 4) is 0 Å². The van der Waals surface area contributed by atoms with Crippen molar-refractivity contribution in [1.29, 1.82) is 0 Å². The van der Waals surface area contributed by atoms with E-state index in [1.165, 1.54) is 12.3 Å². The highest BCUT2D eigenvalue weighted by molar-refractivity contribution is 8.26. The van der Waals surface area contributed by atoms with Gasteiger partial charge in [-0.15, -0.1) is 0 Å². The quantitative estimate of drug-likeness (QED) is 0.668. The summed E-state index contributed by atoms with van der Waals surface area (Å²) in [7, 11) is 0. The third kappa shape index (κ3) is 3.22. The van der Waals surface area contributed by atoms with Crippen LogP contribution in [-0.4, -0.2) is 21.1 Å². The number of thiocarbonyl (C=S) groups is 1. The van der Waals surface area contributed by atoms with Gasteiger partial charge in [-0.25, -0.2) is 8.78 Å². The lowest BCUT2D eigenvalue weighted by atomic mass is 10.2. The van der Waals surface area contributed by atoms with Gasteiger partial charge in [0.25, 0.3) is 11.8 Å². The number of furan rings is 1. The standard InChI is InChI=1S/C15H8F2N2O3S2/c16-10-4-3-8(6-11(10)17)13(20)18-19-14(21)12(24-15(19)23)7-9-2-1-5-22-9/h1-7H,(H,18,20)/b12-7-. The monoisotopic (exact) mass is 366 g/mol. The highest BCUT2D eigenvalue weighted by Crippen LogP contribution is 2.31. The molecule has 1 fully saturated rings. The van der Waals surface area contributed by atoms with Gasteiger partial charge in [0.15, 0.2) is 16.0 Å². The van der Waals surface area contributed by atoms with Gasteiger partial charge in [-0.2, -0.15) is 5.01 Å². The number of halogens is 2. The molecule has 1 aliphatic heterocycles. The second-order valence-corrected chi connectivity index (χ2v) is 6.28. The van der Waals surface area contributed by atoms with Gasteiger partial charge in [0, 0.05) is 11.6 Å². The number of hydrogen-bond acceptors (Lipinski definition) is 5. The van der Waals surface area contributed by atoms with E-state index >= 15 is 0 Å². The van der Waals surface area contributed by atoms with Crippen LogP contribution in [0, 0.1) is 11.6 Å². The van der Waals surface area contributed by atoms with Crippen LogP contribution < -0.4 is 5.43 Å². The Morgan fingerprint density at radius 1 is 1.29 bits per heavy atom. The number of nitrogens with one attached hydrogen (secondary N) is 1. The van der Waals surface area contributed by atoms with E-state index in [2.05, 4.69) is 5.43 Å². The minimum atomic E-state index is -1.16. The van der Waals surface area contributed by atoms with Crippen molar-refractivity contribution >= 4 is 46.2 Å². The van der Waals surface area contributed by atoms with Gasteiger partial charge in [-0.05, 0) is 42.5 Å². The highest BCUT2D eigenvalue weighted by Gasteiger charge is 2.34. The van der Waals surface area contributed by atoms with Crippen LogP contribution >= 0.6 is 24.0 Å². The Bertz CT molecular complexity index is 866. The summed E-state index contributed by atoms with van der Waals surface area (Å²) in [4.78, 5) is 24.6. The number of hydrogen-bond donors (Lipinski definition) is 1. The van der Waals surface area contributed by atoms with Gasteiger partial charge < -0.3 is 4.42 Å². The first kappa shape index (κ1) is 16.3. The average Bonchev–Trinajstić information content (AvgIpc) is 3.14. The van der Waals surface area contributed by atoms with Gasteiger partial charge in [-0.3, -0.25) is 15.0 Å². The van der Waals surface area contributed by atoms with Gasteiger partial charge in [0.2, 0.25) is 0 Å². The highest BCUT2D eigenvalue weighted by atomic mass is 32.2. The number of carbonyl (C=O) groups is 2. The van der Waals surface area contributed by atoms with E-state index in [1.54, 1.807) is 12.1 Å². The van der Waals surface area contributed by atoms with Gasteiger partial charge >= 0.3 is 0 Å². The number of nitrogens with zero attached hydrogens (tertiary/aromatic N) is 1. The van der Waals surface area contributed by atoms with Crippen molar-refractivity contribution in [2.75, 3.05) is 0 Å². The average molecular weight is 366 g/mol. The Balaban J connectivity index is 1.77. The first-order chi connectivity index (χ1) is 11.5. The van der Waals surface area contributed by atoms with Crippen LogP contribution in [0.15, 0.2) is 45.9 Å². The maximum Gasteiger partial charge on any atom is 0.285 e. The molecule has 0 atom stereocenters. The molecule has 1 saturated heterocycles. The Morgan fingerprint density at radius 3 is 2.75 bits per heavy atom. The molecule has 24 heavy (non-hydrogen) atoms. The molecule has 0 radical (unpaired) electrons. The fraction of sp³-hybridized carbons (Fsp3) is 0. The van der Waals surface area contributed by atoms with Crippen molar-refractivity contribution < 1.29 is 22.8 Å². The van der Waals surface area contributed by atoms with Crippen LogP contribution in [0.25, 0.3) is 6.08 Å². The molecule has 1 aromatic carbocycles. The number of thioether (sulfide) groups is 1. The lowest BCUT2D eigenvalue weighted by Crippen LogP contribution is -2.44. The van der Waals surface area contributed by atoms with E-state index in [1.807, 2.05) is 0 Å². The molecular weight excluding hydrogens is 358 g/mol. The van der Waals surface area contributed by atoms with Gasteiger partial charge in [0.05, 0.1) is 11.2 Å². The molecule has 1 aromatic heterocycles. The molecule has 5 nitrogen and oxygen atoms in total. The summed E-state index contributed by atoms with van der Waals surface area (Å²) in [5, 5.41) is 0.873. The van der Waals surface area contributed by atoms with E-state index in [9.17, 15) is 18.4 Å². The first-order valence-electron chi connectivity index (χ1n) is 6.53. The smallest absolute Gasteiger partial charge is 0.285 e. The van der Waals surface area contributed by atoms with Crippen LogP contribution in [0.2, 0.25) is 0 Å². The second kappa shape index (κ2) is 6.54. The Kier molecular flexibility index (Phi) is 4.45. The molecule has 0 unspecified atom stereocenters. The van der Waals surface area contributed by atoms with E-state index in [0.29, 0.717) is 5.76 Å². The number of hydrazine groups is 1. The SMILES string of the molecule is O=C(NN1C(=O)/C(=C/c2ccco2)SC1=S)c1ccc(F)c(F)c1. The predicted octanol–water partition coefficient (Wildman–Crippen LogP) is 3.10. The summed E-state index contributed by atoms with van der Waals surface area (Å²) in [6, 6.07) is 5.99. The normalized spacial score (nSPS) is 16.1. The third-order valence-electron chi connectivity index (χ3n) is 3.01. The zero-order valence-electron chi connectivity index (χ0n) is 11.8. The minimum absolute atomic E-state index is 0.105. The third-order valence-corrected chi connectivity index (χ3v) is 4.31. The number of benzene rings is 1. The van der Waals surface area contributed by atoms with E-state index in [4.69, 9.17) is 16.6 Å². The van der Waals surface area contributed by atoms with Crippen LogP contribution in [0.3, 0.4) is 0 Å². The molecule has 1 aliphatic rings. The van der Waals surface area contributed by atoms with Crippen LogP contribution in [0.5, 0.6) is 0 Å². The molecule has 0 aliphatic carbocycles. The van der Waals surface area contributed by atoms with Crippen molar-refractivity contribution in [2.24, 2.45) is 0 Å². The molecule has 2 amide bonds. The fourth-order valence-corrected chi connectivity index (χ4v) is 3.03. The molecule has 122 valence electrons. The molecule has 9 heteroatoms. The van der Waals surface area contributed by atoms with Gasteiger partial charge in [0.1, 0.15) is 5.76 Å². The predicted molar refractivity (Wildman–Crippen MR) is 87.5 cm³/mol. The lowest BCUT2D eigenvalue weighted by molar-refractivity contribution is -0.123. The zero-order chi connectivity index (χ0) is 17.3. The Labute approximate surface area is 144 Å². The topological polar surface area (TPSA) is 62.6 Å². The van der Waals surface area contributed by atoms with Crippen LogP contribution in [0.4, 0.5) is 8.78 Å². The zero-order valence-corrected chi connectivity index (χ0v) is 13.4. The fourth-order valence-electron chi connectivity index (χ4n) is 1.87. The summed E-state index contributed by atoms with van der Waals surface area (Å²) >= 11 is 6.04. The lowest BCUT2D eigenvalue weighted by Gasteiger charge is -2.15. The summed E-state index contributed by atoms with van der Waals surface area (Å²) in [6.45, 7) is 0. The molecule has 0 saturated carbocycles. The molecule has 0 spiro atoms. The number of amides is 2. The molecular formula is C15H8F2N2O3S2. The number of rotatable bonds is 3. The second-order valence-electron chi connectivity index (χ2n) is 4.60. The minimum Gasteiger partial charge on any atom is -0.465 e. The van der Waals surface area contributed by atoms with Crippen molar-refractivity contribution in [3.63, 3.8) is 0 Å². The molecule has 1 N–H and O–H groups in total. The van der Waals surface area contributed by atoms with E-state index in [0.717, 1.165) is 35.0 Å². The largest absolute Gasteiger partial charge is 0.465 e. The summed E-state index contributed by atoms with van der Waals surface area (Å²) in [5.41, 5.74) is 2.13. The maximum atomic E-state index is 13.2. The summed E-state index contributed by atoms with van der Waals surface area (Å²) in [6.07, 6.45) is 2.94. The number of carbonyl (C=O) groups excluding carboxylic acids is 2. The molecule has 2 aromatic rings. The summed E-state index contributed by atoms with van der Waals surface area (Å²) < 4.78 is 31.3. The van der Waals surface area contributed by atoms with Crippen molar-refractivity contribution in [3.05, 3.63) is 64.5 Å². The summed E-state index contributed by atoms with van der Waals surface area (Å²) in [5.74, 6) is -3.10. The van der Waals surface area contributed by atoms with E-state index < -0.39 is 23.4 Å². The Morgan fingerprint density at radius 2 is 2.08 bits per heavy atom. The molecule has 3 rings (SSSR count). The maximum absolute atomic E-state index is 13.2. The van der Waals surface area contributed by atoms with Crippen LogP contribution in [-0.2, 0) is 4.79 Å². The van der Waals surface area contributed by atoms with Crippen LogP contribution in [0.1, 0.15) is 16.1 Å². The van der Waals surface area contributed by atoms with Crippen molar-refractivity contribution in [2.45, 2.75) is 0 Å².